The van der Waals surface area contributed by atoms with E-state index in [4.69, 9.17) is 5.73 Å². The molecule has 1 heterocycles. The lowest BCUT2D eigenvalue weighted by Crippen LogP contribution is -2.64. The van der Waals surface area contributed by atoms with E-state index < -0.39 is 5.60 Å². The van der Waals surface area contributed by atoms with Crippen LogP contribution in [0.15, 0.2) is 0 Å². The highest BCUT2D eigenvalue weighted by Crippen LogP contribution is 2.21. The van der Waals surface area contributed by atoms with Crippen LogP contribution in [0.3, 0.4) is 0 Å². The molecule has 1 fully saturated rings. The lowest BCUT2D eigenvalue weighted by molar-refractivity contribution is -0.135. The molecule has 1 aliphatic heterocycles. The molecular formula is C7H14N2O2. The number of β-amino-alcohol motifs (C(OH)–C–C–N with tert-alkyl or cyclic N) is 1. The third-order valence-corrected chi connectivity index (χ3v) is 2.05. The lowest BCUT2D eigenvalue weighted by Gasteiger charge is -2.46. The van der Waals surface area contributed by atoms with Gasteiger partial charge in [-0.25, -0.2) is 0 Å². The number of primary amides is 1. The van der Waals surface area contributed by atoms with Crippen LogP contribution in [0.4, 0.5) is 0 Å². The van der Waals surface area contributed by atoms with Gasteiger partial charge in [0.25, 0.3) is 0 Å². The van der Waals surface area contributed by atoms with Crippen molar-refractivity contribution in [1.82, 2.24) is 4.90 Å². The molecule has 1 saturated heterocycles. The summed E-state index contributed by atoms with van der Waals surface area (Å²) in [6.45, 7) is 4.57. The van der Waals surface area contributed by atoms with Crippen molar-refractivity contribution in [2.24, 2.45) is 5.73 Å². The second-order valence-corrected chi connectivity index (χ2v) is 3.48. The summed E-state index contributed by atoms with van der Waals surface area (Å²) in [4.78, 5) is 12.5. The van der Waals surface area contributed by atoms with Crippen molar-refractivity contribution in [1.29, 1.82) is 0 Å². The third kappa shape index (κ3) is 1.70. The standard InChI is InChI=1S/C7H14N2O2/c1-5(6(8)10)9-3-7(2,11)4-9/h5,11H,3-4H2,1-2H3,(H2,8,10). The second kappa shape index (κ2) is 2.46. The van der Waals surface area contributed by atoms with Crippen molar-refractivity contribution in [3.05, 3.63) is 0 Å². The van der Waals surface area contributed by atoms with Crippen molar-refractivity contribution in [3.8, 4) is 0 Å². The summed E-state index contributed by atoms with van der Waals surface area (Å²) in [6.07, 6.45) is 0. The molecule has 1 rings (SSSR count). The number of nitrogens with two attached hydrogens (primary N) is 1. The maximum Gasteiger partial charge on any atom is 0.234 e. The van der Waals surface area contributed by atoms with Gasteiger partial charge >= 0.3 is 0 Å². The Morgan fingerprint density at radius 2 is 2.18 bits per heavy atom. The molecule has 0 spiro atoms. The van der Waals surface area contributed by atoms with Crippen molar-refractivity contribution in [3.63, 3.8) is 0 Å². The first kappa shape index (κ1) is 8.49. The van der Waals surface area contributed by atoms with Crippen molar-refractivity contribution in [2.75, 3.05) is 13.1 Å². The first-order valence-electron chi connectivity index (χ1n) is 3.68. The van der Waals surface area contributed by atoms with Crippen molar-refractivity contribution >= 4 is 5.91 Å². The quantitative estimate of drug-likeness (QED) is 0.537. The van der Waals surface area contributed by atoms with Crippen LogP contribution in [0.5, 0.6) is 0 Å². The summed E-state index contributed by atoms with van der Waals surface area (Å²) >= 11 is 0. The molecule has 4 heteroatoms. The van der Waals surface area contributed by atoms with Gasteiger partial charge in [-0.15, -0.1) is 0 Å². The second-order valence-electron chi connectivity index (χ2n) is 3.48. The van der Waals surface area contributed by atoms with Gasteiger partial charge in [0.05, 0.1) is 11.6 Å². The predicted molar refractivity (Wildman–Crippen MR) is 40.9 cm³/mol. The molecule has 0 aromatic rings. The topological polar surface area (TPSA) is 66.6 Å². The molecule has 0 aliphatic carbocycles. The van der Waals surface area contributed by atoms with E-state index >= 15 is 0 Å². The summed E-state index contributed by atoms with van der Waals surface area (Å²) < 4.78 is 0. The highest BCUT2D eigenvalue weighted by atomic mass is 16.3. The highest BCUT2D eigenvalue weighted by molar-refractivity contribution is 5.79. The molecular weight excluding hydrogens is 144 g/mol. The maximum absolute atomic E-state index is 10.6. The maximum atomic E-state index is 10.6. The van der Waals surface area contributed by atoms with Gasteiger partial charge in [-0.2, -0.15) is 0 Å². The monoisotopic (exact) mass is 158 g/mol. The van der Waals surface area contributed by atoms with Gasteiger partial charge in [0.1, 0.15) is 0 Å². The Morgan fingerprint density at radius 3 is 2.45 bits per heavy atom. The zero-order chi connectivity index (χ0) is 8.65. The van der Waals surface area contributed by atoms with Gasteiger partial charge in [0.2, 0.25) is 5.91 Å². The average Bonchev–Trinajstić information content (AvgIpc) is 1.80. The van der Waals surface area contributed by atoms with E-state index in [1.807, 2.05) is 4.90 Å². The number of likely N-dealkylation sites (tertiary alicyclic amines) is 1. The minimum absolute atomic E-state index is 0.254. The first-order valence-corrected chi connectivity index (χ1v) is 3.68. The molecule has 0 bridgehead atoms. The van der Waals surface area contributed by atoms with Gasteiger partial charge < -0.3 is 10.8 Å². The number of carbonyl (C=O) groups is 1. The Balaban J connectivity index is 2.38. The molecule has 1 unspecified atom stereocenters. The van der Waals surface area contributed by atoms with Crippen LogP contribution in [0, 0.1) is 0 Å². The number of rotatable bonds is 2. The molecule has 1 atom stereocenters. The van der Waals surface area contributed by atoms with E-state index in [1.165, 1.54) is 0 Å². The van der Waals surface area contributed by atoms with Crippen molar-refractivity contribution < 1.29 is 9.90 Å². The van der Waals surface area contributed by atoms with Crippen LogP contribution in [0.1, 0.15) is 13.8 Å². The SMILES string of the molecule is CC(C(N)=O)N1CC(C)(O)C1. The van der Waals surface area contributed by atoms with Crippen LogP contribution in [-0.4, -0.2) is 40.6 Å². The van der Waals surface area contributed by atoms with Crippen LogP contribution in [0.2, 0.25) is 0 Å². The number of nitrogens with zero attached hydrogens (tertiary/aromatic N) is 1. The summed E-state index contributed by atoms with van der Waals surface area (Å²) in [5.41, 5.74) is 4.45. The van der Waals surface area contributed by atoms with Crippen LogP contribution < -0.4 is 5.73 Å². The van der Waals surface area contributed by atoms with E-state index in [0.29, 0.717) is 13.1 Å². The number of hydrogen-bond acceptors (Lipinski definition) is 3. The fourth-order valence-corrected chi connectivity index (χ4v) is 1.28. The van der Waals surface area contributed by atoms with Crippen molar-refractivity contribution in [2.45, 2.75) is 25.5 Å². The van der Waals surface area contributed by atoms with Gasteiger partial charge in [-0.1, -0.05) is 0 Å². The number of amides is 1. The van der Waals surface area contributed by atoms with Crippen LogP contribution in [-0.2, 0) is 4.79 Å². The first-order chi connectivity index (χ1) is 4.92. The molecule has 64 valence electrons. The highest BCUT2D eigenvalue weighted by Gasteiger charge is 2.40. The minimum Gasteiger partial charge on any atom is -0.388 e. The number of aliphatic hydroxyl groups is 1. The Morgan fingerprint density at radius 1 is 1.73 bits per heavy atom. The Kier molecular flexibility index (Phi) is 1.90. The largest absolute Gasteiger partial charge is 0.388 e. The van der Waals surface area contributed by atoms with Gasteiger partial charge in [-0.3, -0.25) is 9.69 Å². The van der Waals surface area contributed by atoms with E-state index in [0.717, 1.165) is 0 Å². The summed E-state index contributed by atoms with van der Waals surface area (Å²) in [5, 5.41) is 9.32. The predicted octanol–water partition coefficient (Wildman–Crippen LogP) is -1.07. The molecule has 0 aromatic heterocycles. The van der Waals surface area contributed by atoms with E-state index in [9.17, 15) is 9.90 Å². The van der Waals surface area contributed by atoms with E-state index in [2.05, 4.69) is 0 Å². The minimum atomic E-state index is -0.621. The normalized spacial score (nSPS) is 25.7. The summed E-state index contributed by atoms with van der Waals surface area (Å²) in [6, 6.07) is -0.254. The Hall–Kier alpha value is -0.610. The van der Waals surface area contributed by atoms with E-state index in [-0.39, 0.29) is 11.9 Å². The molecule has 3 N–H and O–H groups in total. The molecule has 0 radical (unpaired) electrons. The smallest absolute Gasteiger partial charge is 0.234 e. The molecule has 1 amide bonds. The van der Waals surface area contributed by atoms with Gasteiger partial charge in [0.15, 0.2) is 0 Å². The van der Waals surface area contributed by atoms with Gasteiger partial charge in [0, 0.05) is 13.1 Å². The number of hydrogen-bond donors (Lipinski definition) is 2. The summed E-state index contributed by atoms with van der Waals surface area (Å²) in [5.74, 6) is -0.333. The fraction of sp³-hybridized carbons (Fsp3) is 0.857. The zero-order valence-corrected chi connectivity index (χ0v) is 6.87. The zero-order valence-electron chi connectivity index (χ0n) is 6.87. The Bertz CT molecular complexity index is 171. The third-order valence-electron chi connectivity index (χ3n) is 2.05. The molecule has 4 nitrogen and oxygen atoms in total. The molecule has 0 saturated carbocycles. The molecule has 0 aromatic carbocycles. The average molecular weight is 158 g/mol. The van der Waals surface area contributed by atoms with Crippen LogP contribution in [0.25, 0.3) is 0 Å². The Labute approximate surface area is 66.0 Å². The van der Waals surface area contributed by atoms with Gasteiger partial charge in [-0.05, 0) is 13.8 Å². The fourth-order valence-electron chi connectivity index (χ4n) is 1.28. The molecule has 11 heavy (non-hydrogen) atoms. The molecule has 1 aliphatic rings. The summed E-state index contributed by atoms with van der Waals surface area (Å²) in [7, 11) is 0. The lowest BCUT2D eigenvalue weighted by atomic mass is 9.95. The van der Waals surface area contributed by atoms with Crippen LogP contribution >= 0.6 is 0 Å². The van der Waals surface area contributed by atoms with E-state index in [1.54, 1.807) is 13.8 Å². The number of carbonyl (C=O) groups excluding carboxylic acids is 1.